The van der Waals surface area contributed by atoms with Crippen molar-refractivity contribution in [1.82, 2.24) is 0 Å². The Kier molecular flexibility index (Phi) is 13.0. The minimum atomic E-state index is 0. The first-order chi connectivity index (χ1) is 4.10. The van der Waals surface area contributed by atoms with Crippen LogP contribution >= 0.6 is 0 Å². The van der Waals surface area contributed by atoms with E-state index in [0.717, 1.165) is 18.8 Å². The molecule has 0 saturated carbocycles. The molecule has 0 aliphatic carbocycles. The van der Waals surface area contributed by atoms with Gasteiger partial charge in [-0.1, -0.05) is 27.9 Å². The molecule has 1 fully saturated rings. The van der Waals surface area contributed by atoms with E-state index in [4.69, 9.17) is 4.74 Å². The Hall–Kier alpha value is 1.75. The Morgan fingerprint density at radius 2 is 1.92 bits per heavy atom. The fraction of sp³-hybridized carbons (Fsp3) is 0.667. The molecule has 2 radical (unpaired) electrons. The van der Waals surface area contributed by atoms with Crippen molar-refractivity contribution >= 4 is 0 Å². The summed E-state index contributed by atoms with van der Waals surface area (Å²) in [7, 11) is 0. The molecule has 0 bridgehead atoms. The fourth-order valence-corrected chi connectivity index (χ4v) is 1.02. The van der Waals surface area contributed by atoms with Gasteiger partial charge in [-0.2, -0.15) is 5.41 Å². The summed E-state index contributed by atoms with van der Waals surface area (Å²) in [5.41, 5.74) is 0.301. The molecule has 1 nitrogen and oxygen atoms in total. The molecule has 0 aromatic carbocycles. The molecule has 1 aliphatic rings. The molecule has 66 valence electrons. The summed E-state index contributed by atoms with van der Waals surface area (Å²) in [5, 5.41) is 0. The van der Waals surface area contributed by atoms with Crippen molar-refractivity contribution in [2.75, 3.05) is 6.61 Å². The van der Waals surface area contributed by atoms with E-state index >= 15 is 0 Å². The summed E-state index contributed by atoms with van der Waals surface area (Å²) in [5.74, 6) is 0.919. The van der Waals surface area contributed by atoms with Crippen LogP contribution in [0.15, 0.2) is 12.3 Å². The molecule has 0 spiro atoms. The van der Waals surface area contributed by atoms with Gasteiger partial charge < -0.3 is 4.74 Å². The van der Waals surface area contributed by atoms with Gasteiger partial charge >= 0.3 is 0 Å². The van der Waals surface area contributed by atoms with E-state index in [-0.39, 0.29) is 72.8 Å². The quantitative estimate of drug-likeness (QED) is 0.624. The molecule has 1 aliphatic heterocycles. The second-order valence-corrected chi connectivity index (χ2v) is 3.22. The Balaban J connectivity index is -0.000000270. The number of hydrogen-bond donors (Lipinski definition) is 0. The first kappa shape index (κ1) is 19.3. The predicted molar refractivity (Wildman–Crippen MR) is 44.5 cm³/mol. The van der Waals surface area contributed by atoms with Crippen molar-refractivity contribution in [3.05, 3.63) is 18.8 Å². The first-order valence-electron chi connectivity index (χ1n) is 3.25. The minimum absolute atomic E-state index is 0. The maximum Gasteiger partial charge on any atom is 0.0827 e. The molecule has 1 saturated heterocycles. The van der Waals surface area contributed by atoms with Gasteiger partial charge in [0.1, 0.15) is 0 Å². The van der Waals surface area contributed by atoms with Crippen LogP contribution in [-0.4, -0.2) is 6.61 Å². The van der Waals surface area contributed by atoms with E-state index in [2.05, 4.69) is 26.8 Å². The van der Waals surface area contributed by atoms with E-state index in [1.807, 2.05) is 0 Å². The van der Waals surface area contributed by atoms with Crippen LogP contribution in [0.1, 0.15) is 27.7 Å². The summed E-state index contributed by atoms with van der Waals surface area (Å²) in [6.07, 6.45) is 3.15. The largest absolute Gasteiger partial charge is 0.530 e. The van der Waals surface area contributed by atoms with Crippen molar-refractivity contribution in [3.8, 4) is 0 Å². The van der Waals surface area contributed by atoms with Crippen LogP contribution in [0.3, 0.4) is 0 Å². The molecule has 12 heavy (non-hydrogen) atoms. The van der Waals surface area contributed by atoms with Gasteiger partial charge in [0.05, 0.1) is 5.76 Å². The average Bonchev–Trinajstić information content (AvgIpc) is 1.60. The Bertz CT molecular complexity index is 132. The molecule has 0 unspecified atom stereocenters. The molecule has 0 aromatic rings. The maximum atomic E-state index is 5.16. The topological polar surface area (TPSA) is 9.23 Å². The molecule has 1 heterocycles. The van der Waals surface area contributed by atoms with Crippen molar-refractivity contribution in [2.45, 2.75) is 27.7 Å². The third kappa shape index (κ3) is 7.18. The van der Waals surface area contributed by atoms with Crippen LogP contribution in [0, 0.1) is 11.8 Å². The second kappa shape index (κ2) is 8.09. The summed E-state index contributed by atoms with van der Waals surface area (Å²) in [4.78, 5) is 0. The third-order valence-electron chi connectivity index (χ3n) is 1.58. The van der Waals surface area contributed by atoms with Crippen LogP contribution in [0.5, 0.6) is 0 Å². The molecular formula is C9H17OY2-. The van der Waals surface area contributed by atoms with Crippen LogP contribution in [0.25, 0.3) is 0 Å². The van der Waals surface area contributed by atoms with Crippen molar-refractivity contribution in [2.24, 2.45) is 5.41 Å². The molecule has 0 amide bonds. The van der Waals surface area contributed by atoms with Gasteiger partial charge in [-0.15, -0.1) is 0 Å². The molecule has 0 aromatic heterocycles. The fourth-order valence-electron chi connectivity index (χ4n) is 1.02. The Labute approximate surface area is 127 Å². The average molecular weight is 319 g/mol. The summed E-state index contributed by atoms with van der Waals surface area (Å²) >= 11 is 0. The van der Waals surface area contributed by atoms with Gasteiger partial charge in [0.15, 0.2) is 0 Å². The summed E-state index contributed by atoms with van der Waals surface area (Å²) in [6.45, 7) is 8.89. The zero-order chi connectivity index (χ0) is 6.91. The second-order valence-electron chi connectivity index (χ2n) is 3.22. The van der Waals surface area contributed by atoms with Crippen molar-refractivity contribution < 1.29 is 70.2 Å². The first-order valence-corrected chi connectivity index (χ1v) is 3.25. The molecule has 3 heteroatoms. The number of allylic oxidation sites excluding steroid dienone is 1. The molecular weight excluding hydrogens is 302 g/mol. The van der Waals surface area contributed by atoms with Crippen LogP contribution in [0.2, 0.25) is 0 Å². The number of hydrogen-bond acceptors (Lipinski definition) is 1. The maximum absolute atomic E-state index is 5.16. The monoisotopic (exact) mass is 319 g/mol. The minimum Gasteiger partial charge on any atom is -0.530 e. The Morgan fingerprint density at radius 1 is 1.42 bits per heavy atom. The van der Waals surface area contributed by atoms with Crippen LogP contribution in [0.4, 0.5) is 0 Å². The smallest absolute Gasteiger partial charge is 0.0827 e. The van der Waals surface area contributed by atoms with E-state index in [0.29, 0.717) is 5.41 Å². The Morgan fingerprint density at radius 3 is 2.17 bits per heavy atom. The van der Waals surface area contributed by atoms with Gasteiger partial charge in [-0.05, 0) is 13.0 Å². The van der Waals surface area contributed by atoms with Gasteiger partial charge in [0.25, 0.3) is 0 Å². The molecule has 0 atom stereocenters. The van der Waals surface area contributed by atoms with Gasteiger partial charge in [-0.25, -0.2) is 0 Å². The summed E-state index contributed by atoms with van der Waals surface area (Å²) in [6, 6.07) is 0. The van der Waals surface area contributed by atoms with E-state index in [9.17, 15) is 0 Å². The molecule has 0 N–H and O–H groups in total. The normalized spacial score (nSPS) is 19.0. The van der Waals surface area contributed by atoms with Gasteiger partial charge in [0.2, 0.25) is 0 Å². The van der Waals surface area contributed by atoms with Crippen LogP contribution in [-0.2, 0) is 70.2 Å². The van der Waals surface area contributed by atoms with Crippen LogP contribution < -0.4 is 0 Å². The standard InChI is InChI=1S/C8H13O.CH4.2Y/c1-7-6-8(2,3)4-5-9-7;;;/h4H,1,5-6H2,2-3H3;1H4;;/q-1;;;. The van der Waals surface area contributed by atoms with E-state index in [1.165, 1.54) is 0 Å². The van der Waals surface area contributed by atoms with E-state index in [1.54, 1.807) is 0 Å². The van der Waals surface area contributed by atoms with Crippen molar-refractivity contribution in [1.29, 1.82) is 0 Å². The molecule has 1 rings (SSSR count). The number of ether oxygens (including phenoxy) is 1. The third-order valence-corrected chi connectivity index (χ3v) is 1.58. The van der Waals surface area contributed by atoms with E-state index < -0.39 is 0 Å². The van der Waals surface area contributed by atoms with Crippen molar-refractivity contribution in [3.63, 3.8) is 0 Å². The zero-order valence-corrected chi connectivity index (χ0v) is 12.9. The summed E-state index contributed by atoms with van der Waals surface area (Å²) < 4.78 is 5.16. The van der Waals surface area contributed by atoms with Gasteiger partial charge in [0, 0.05) is 65.4 Å². The predicted octanol–water partition coefficient (Wildman–Crippen LogP) is 2.78. The number of rotatable bonds is 0. The SMILES string of the molecule is C.C=C1CC(C)(C)[CH-]CO1.[Y].[Y]. The zero-order valence-electron chi connectivity index (χ0n) is 7.26. The van der Waals surface area contributed by atoms with Gasteiger partial charge in [-0.3, -0.25) is 6.42 Å².